The third-order valence-corrected chi connectivity index (χ3v) is 5.22. The zero-order chi connectivity index (χ0) is 13.7. The summed E-state index contributed by atoms with van der Waals surface area (Å²) in [6.07, 6.45) is 10.9. The van der Waals surface area contributed by atoms with Gasteiger partial charge in [-0.25, -0.2) is 0 Å². The minimum atomic E-state index is 0.375. The first-order chi connectivity index (χ1) is 9.26. The van der Waals surface area contributed by atoms with Crippen LogP contribution in [0.15, 0.2) is 0 Å². The van der Waals surface area contributed by atoms with Gasteiger partial charge in [-0.3, -0.25) is 4.79 Å². The van der Waals surface area contributed by atoms with E-state index in [1.165, 1.54) is 38.5 Å². The van der Waals surface area contributed by atoms with E-state index in [1.54, 1.807) is 0 Å². The molecule has 1 amide bonds. The lowest BCUT2D eigenvalue weighted by Crippen LogP contribution is -2.44. The lowest BCUT2D eigenvalue weighted by molar-refractivity contribution is -0.134. The Morgan fingerprint density at radius 3 is 2.53 bits per heavy atom. The third-order valence-electron chi connectivity index (χ3n) is 5.22. The van der Waals surface area contributed by atoms with Crippen LogP contribution in [-0.2, 0) is 4.79 Å². The van der Waals surface area contributed by atoms with Crippen LogP contribution in [0.4, 0.5) is 0 Å². The van der Waals surface area contributed by atoms with Gasteiger partial charge in [0.2, 0.25) is 5.91 Å². The van der Waals surface area contributed by atoms with Crippen molar-refractivity contribution in [3.8, 4) is 0 Å². The molecule has 19 heavy (non-hydrogen) atoms. The zero-order valence-electron chi connectivity index (χ0n) is 12.4. The standard InChI is InChI=1S/C16H30N2O/c1-2-18(15-9-5-8-14(15)12-17)16(19)11-10-13-6-3-4-7-13/h13-15H,2-12,17H2,1H3. The van der Waals surface area contributed by atoms with E-state index in [4.69, 9.17) is 5.73 Å². The first-order valence-corrected chi connectivity index (χ1v) is 8.25. The summed E-state index contributed by atoms with van der Waals surface area (Å²) in [7, 11) is 0. The summed E-state index contributed by atoms with van der Waals surface area (Å²) in [5.74, 6) is 1.73. The molecule has 2 atom stereocenters. The van der Waals surface area contributed by atoms with E-state index in [-0.39, 0.29) is 0 Å². The van der Waals surface area contributed by atoms with Crippen LogP contribution >= 0.6 is 0 Å². The highest BCUT2D eigenvalue weighted by Gasteiger charge is 2.33. The molecule has 0 saturated heterocycles. The number of nitrogens with two attached hydrogens (primary N) is 1. The number of hydrogen-bond acceptors (Lipinski definition) is 2. The van der Waals surface area contributed by atoms with Crippen molar-refractivity contribution in [3.63, 3.8) is 0 Å². The lowest BCUT2D eigenvalue weighted by atomic mass is 9.99. The minimum Gasteiger partial charge on any atom is -0.340 e. The van der Waals surface area contributed by atoms with Crippen LogP contribution in [0.1, 0.15) is 64.7 Å². The molecule has 2 fully saturated rings. The van der Waals surface area contributed by atoms with Crippen molar-refractivity contribution in [1.82, 2.24) is 4.90 Å². The number of nitrogens with zero attached hydrogens (tertiary/aromatic N) is 1. The Bertz CT molecular complexity index is 286. The molecule has 0 aromatic rings. The van der Waals surface area contributed by atoms with Crippen LogP contribution in [0.5, 0.6) is 0 Å². The van der Waals surface area contributed by atoms with Gasteiger partial charge in [-0.15, -0.1) is 0 Å². The summed E-state index contributed by atoms with van der Waals surface area (Å²) in [6, 6.07) is 0.422. The van der Waals surface area contributed by atoms with Crippen molar-refractivity contribution in [2.75, 3.05) is 13.1 Å². The molecule has 110 valence electrons. The second-order valence-corrected chi connectivity index (χ2v) is 6.36. The Balaban J connectivity index is 1.83. The van der Waals surface area contributed by atoms with E-state index in [1.807, 2.05) is 0 Å². The number of carbonyl (C=O) groups is 1. The topological polar surface area (TPSA) is 46.3 Å². The third kappa shape index (κ3) is 3.71. The van der Waals surface area contributed by atoms with Crippen molar-refractivity contribution >= 4 is 5.91 Å². The molecule has 3 heteroatoms. The molecule has 2 rings (SSSR count). The summed E-state index contributed by atoms with van der Waals surface area (Å²) >= 11 is 0. The van der Waals surface area contributed by atoms with Gasteiger partial charge >= 0.3 is 0 Å². The molecule has 0 bridgehead atoms. The second-order valence-electron chi connectivity index (χ2n) is 6.36. The molecule has 0 radical (unpaired) electrons. The fourth-order valence-electron chi connectivity index (χ4n) is 4.07. The van der Waals surface area contributed by atoms with Crippen molar-refractivity contribution in [2.24, 2.45) is 17.6 Å². The number of carbonyl (C=O) groups excluding carboxylic acids is 1. The smallest absolute Gasteiger partial charge is 0.222 e. The highest BCUT2D eigenvalue weighted by molar-refractivity contribution is 5.76. The molecule has 2 N–H and O–H groups in total. The van der Waals surface area contributed by atoms with E-state index in [9.17, 15) is 4.79 Å². The highest BCUT2D eigenvalue weighted by atomic mass is 16.2. The molecular formula is C16H30N2O. The van der Waals surface area contributed by atoms with E-state index in [2.05, 4.69) is 11.8 Å². The molecule has 2 aliphatic carbocycles. The van der Waals surface area contributed by atoms with Crippen molar-refractivity contribution in [1.29, 1.82) is 0 Å². The van der Waals surface area contributed by atoms with Crippen LogP contribution < -0.4 is 5.73 Å². The number of hydrogen-bond donors (Lipinski definition) is 1. The molecule has 2 aliphatic rings. The highest BCUT2D eigenvalue weighted by Crippen LogP contribution is 2.31. The predicted molar refractivity (Wildman–Crippen MR) is 78.8 cm³/mol. The van der Waals surface area contributed by atoms with Gasteiger partial charge in [-0.05, 0) is 44.6 Å². The molecule has 0 heterocycles. The molecule has 0 spiro atoms. The summed E-state index contributed by atoms with van der Waals surface area (Å²) < 4.78 is 0. The Labute approximate surface area is 117 Å². The predicted octanol–water partition coefficient (Wildman–Crippen LogP) is 2.93. The van der Waals surface area contributed by atoms with Gasteiger partial charge in [0.25, 0.3) is 0 Å². The van der Waals surface area contributed by atoms with E-state index < -0.39 is 0 Å². The fraction of sp³-hybridized carbons (Fsp3) is 0.938. The van der Waals surface area contributed by atoms with Gasteiger partial charge in [-0.1, -0.05) is 32.1 Å². The quantitative estimate of drug-likeness (QED) is 0.803. The van der Waals surface area contributed by atoms with Crippen molar-refractivity contribution in [2.45, 2.75) is 70.8 Å². The van der Waals surface area contributed by atoms with Gasteiger partial charge in [0.05, 0.1) is 0 Å². The fourth-order valence-corrected chi connectivity index (χ4v) is 4.07. The minimum absolute atomic E-state index is 0.375. The first kappa shape index (κ1) is 14.8. The van der Waals surface area contributed by atoms with Gasteiger partial charge in [0, 0.05) is 19.0 Å². The van der Waals surface area contributed by atoms with Gasteiger partial charge in [0.15, 0.2) is 0 Å². The summed E-state index contributed by atoms with van der Waals surface area (Å²) in [6.45, 7) is 3.70. The van der Waals surface area contributed by atoms with Crippen LogP contribution in [0, 0.1) is 11.8 Å². The monoisotopic (exact) mass is 266 g/mol. The Morgan fingerprint density at radius 2 is 1.89 bits per heavy atom. The van der Waals surface area contributed by atoms with Gasteiger partial charge < -0.3 is 10.6 Å². The average molecular weight is 266 g/mol. The molecule has 3 nitrogen and oxygen atoms in total. The van der Waals surface area contributed by atoms with Crippen LogP contribution in [0.2, 0.25) is 0 Å². The maximum Gasteiger partial charge on any atom is 0.222 e. The summed E-state index contributed by atoms with van der Waals surface area (Å²) in [5.41, 5.74) is 5.85. The first-order valence-electron chi connectivity index (χ1n) is 8.25. The molecule has 0 aliphatic heterocycles. The zero-order valence-corrected chi connectivity index (χ0v) is 12.4. The van der Waals surface area contributed by atoms with Gasteiger partial charge in [0.1, 0.15) is 0 Å². The van der Waals surface area contributed by atoms with Crippen LogP contribution in [0.25, 0.3) is 0 Å². The number of amides is 1. The molecule has 0 aromatic carbocycles. The summed E-state index contributed by atoms with van der Waals surface area (Å²) in [5, 5.41) is 0. The SMILES string of the molecule is CCN(C(=O)CCC1CCCC1)C1CCCC1CN. The molecule has 2 saturated carbocycles. The molecule has 2 unspecified atom stereocenters. The van der Waals surface area contributed by atoms with Crippen molar-refractivity contribution < 1.29 is 4.79 Å². The maximum absolute atomic E-state index is 12.5. The number of rotatable bonds is 6. The Morgan fingerprint density at radius 1 is 1.16 bits per heavy atom. The van der Waals surface area contributed by atoms with Crippen LogP contribution in [-0.4, -0.2) is 29.9 Å². The lowest BCUT2D eigenvalue weighted by Gasteiger charge is -2.32. The van der Waals surface area contributed by atoms with E-state index in [0.717, 1.165) is 38.3 Å². The van der Waals surface area contributed by atoms with E-state index >= 15 is 0 Å². The molecule has 0 aromatic heterocycles. The van der Waals surface area contributed by atoms with E-state index in [0.29, 0.717) is 17.9 Å². The second kappa shape index (κ2) is 7.28. The normalized spacial score (nSPS) is 27.9. The largest absolute Gasteiger partial charge is 0.340 e. The Hall–Kier alpha value is -0.570. The average Bonchev–Trinajstić information content (AvgIpc) is 3.08. The summed E-state index contributed by atoms with van der Waals surface area (Å²) in [4.78, 5) is 14.6. The van der Waals surface area contributed by atoms with Crippen molar-refractivity contribution in [3.05, 3.63) is 0 Å². The maximum atomic E-state index is 12.5. The molecular weight excluding hydrogens is 236 g/mol. The van der Waals surface area contributed by atoms with Gasteiger partial charge in [-0.2, -0.15) is 0 Å². The van der Waals surface area contributed by atoms with Crippen LogP contribution in [0.3, 0.4) is 0 Å². The Kier molecular flexibility index (Phi) is 5.68.